The Morgan fingerprint density at radius 2 is 1.86 bits per heavy atom. The predicted octanol–water partition coefficient (Wildman–Crippen LogP) is 5.35. The molecule has 2 saturated heterocycles. The molecule has 6 rings (SSSR count). The lowest BCUT2D eigenvalue weighted by Crippen LogP contribution is -2.35. The van der Waals surface area contributed by atoms with E-state index in [0.717, 1.165) is 61.5 Å². The molecule has 44 heavy (non-hydrogen) atoms. The van der Waals surface area contributed by atoms with Crippen molar-refractivity contribution in [2.45, 2.75) is 51.0 Å². The van der Waals surface area contributed by atoms with E-state index in [1.807, 2.05) is 24.3 Å². The second-order valence-electron chi connectivity index (χ2n) is 12.0. The number of carbonyl (C=O) groups excluding carboxylic acids is 1. The summed E-state index contributed by atoms with van der Waals surface area (Å²) >= 11 is 0. The molecule has 11 heteroatoms. The summed E-state index contributed by atoms with van der Waals surface area (Å²) in [6, 6.07) is 15.9. The molecule has 232 valence electrons. The molecule has 0 bridgehead atoms. The largest absolute Gasteiger partial charge is 0.473 e. The van der Waals surface area contributed by atoms with Gasteiger partial charge in [0.05, 0.1) is 42.9 Å². The number of ether oxygens (including phenoxy) is 3. The molecule has 4 heterocycles. The van der Waals surface area contributed by atoms with Crippen molar-refractivity contribution in [2.75, 3.05) is 40.1 Å². The van der Waals surface area contributed by atoms with Gasteiger partial charge in [0.1, 0.15) is 25.4 Å². The zero-order valence-corrected chi connectivity index (χ0v) is 26.3. The Kier molecular flexibility index (Phi) is 8.85. The minimum absolute atomic E-state index is 0.0484. The predicted molar refractivity (Wildman–Crippen MR) is 167 cm³/mol. The van der Waals surface area contributed by atoms with Gasteiger partial charge in [-0.05, 0) is 76.0 Å². The Morgan fingerprint density at radius 1 is 1.07 bits per heavy atom. The fourth-order valence-electron chi connectivity index (χ4n) is 5.84. The number of imidazole rings is 1. The SMILES string of the molecule is COC(=O)c1ccc2nc(CN3CCC(c4cccc(OCc5ccc(P(C)(C)=O)cc5F)n4)CC3)n(CC3CCO3)c2c1. The Bertz CT molecular complexity index is 1710. The van der Waals surface area contributed by atoms with Crippen LogP contribution in [0.1, 0.15) is 52.6 Å². The maximum atomic E-state index is 14.6. The first-order chi connectivity index (χ1) is 21.2. The molecule has 0 aliphatic carbocycles. The molecule has 0 amide bonds. The van der Waals surface area contributed by atoms with Crippen LogP contribution in [-0.2, 0) is 33.7 Å². The van der Waals surface area contributed by atoms with Crippen LogP contribution in [0.3, 0.4) is 0 Å². The van der Waals surface area contributed by atoms with Gasteiger partial charge in [0.15, 0.2) is 0 Å². The van der Waals surface area contributed by atoms with E-state index in [-0.39, 0.29) is 18.7 Å². The van der Waals surface area contributed by atoms with Gasteiger partial charge >= 0.3 is 5.97 Å². The molecule has 0 saturated carbocycles. The molecule has 4 aromatic rings. The molecule has 2 aromatic heterocycles. The van der Waals surface area contributed by atoms with Gasteiger partial charge in [-0.2, -0.15) is 0 Å². The summed E-state index contributed by atoms with van der Waals surface area (Å²) in [4.78, 5) is 24.3. The second kappa shape index (κ2) is 12.8. The zero-order chi connectivity index (χ0) is 30.8. The van der Waals surface area contributed by atoms with Crippen LogP contribution in [0, 0.1) is 5.82 Å². The minimum Gasteiger partial charge on any atom is -0.473 e. The van der Waals surface area contributed by atoms with Crippen LogP contribution in [0.2, 0.25) is 0 Å². The molecular weight excluding hydrogens is 582 g/mol. The van der Waals surface area contributed by atoms with Gasteiger partial charge in [-0.1, -0.05) is 18.2 Å². The number of pyridine rings is 1. The van der Waals surface area contributed by atoms with Crippen molar-refractivity contribution >= 4 is 29.4 Å². The third-order valence-corrected chi connectivity index (χ3v) is 10.1. The van der Waals surface area contributed by atoms with Gasteiger partial charge in [-0.15, -0.1) is 0 Å². The van der Waals surface area contributed by atoms with E-state index in [9.17, 15) is 13.8 Å². The molecule has 9 nitrogen and oxygen atoms in total. The van der Waals surface area contributed by atoms with Crippen molar-refractivity contribution < 1.29 is 28.0 Å². The van der Waals surface area contributed by atoms with Crippen LogP contribution >= 0.6 is 7.14 Å². The molecule has 1 atom stereocenters. The highest BCUT2D eigenvalue weighted by molar-refractivity contribution is 7.70. The number of hydrogen-bond donors (Lipinski definition) is 0. The molecule has 1 unspecified atom stereocenters. The van der Waals surface area contributed by atoms with E-state index in [2.05, 4.69) is 9.47 Å². The van der Waals surface area contributed by atoms with Crippen molar-refractivity contribution in [1.82, 2.24) is 19.4 Å². The van der Waals surface area contributed by atoms with Gasteiger partial charge in [0, 0.05) is 35.2 Å². The number of carbonyl (C=O) groups is 1. The Labute approximate surface area is 256 Å². The number of methoxy groups -OCH3 is 1. The Balaban J connectivity index is 1.10. The number of nitrogens with zero attached hydrogens (tertiary/aromatic N) is 4. The fraction of sp³-hybridized carbons (Fsp3) is 0.424. The average Bonchev–Trinajstić information content (AvgIpc) is 3.33. The van der Waals surface area contributed by atoms with Crippen molar-refractivity contribution in [3.8, 4) is 5.88 Å². The summed E-state index contributed by atoms with van der Waals surface area (Å²) in [5.41, 5.74) is 3.66. The van der Waals surface area contributed by atoms with Crippen LogP contribution in [0.5, 0.6) is 5.88 Å². The lowest BCUT2D eigenvalue weighted by Gasteiger charge is -2.32. The summed E-state index contributed by atoms with van der Waals surface area (Å²) in [6.07, 6.45) is 3.05. The quantitative estimate of drug-likeness (QED) is 0.173. The highest BCUT2D eigenvalue weighted by atomic mass is 31.2. The second-order valence-corrected chi connectivity index (χ2v) is 15.2. The normalized spacial score (nSPS) is 17.9. The molecule has 0 N–H and O–H groups in total. The summed E-state index contributed by atoms with van der Waals surface area (Å²) in [7, 11) is -1.14. The Morgan fingerprint density at radius 3 is 2.55 bits per heavy atom. The molecule has 0 spiro atoms. The zero-order valence-electron chi connectivity index (χ0n) is 25.4. The van der Waals surface area contributed by atoms with Crippen molar-refractivity contribution in [1.29, 1.82) is 0 Å². The maximum absolute atomic E-state index is 14.6. The standard InChI is InChI=1S/C33H38FN4O5P/c1-41-33(39)23-8-10-29-30(17-23)38(19-25-13-16-42-25)31(35-29)20-37-14-11-22(12-15-37)28-5-4-6-32(36-28)43-21-24-7-9-26(18-27(24)34)44(2,3)40/h4-10,17-18,22,25H,11-16,19-21H2,1-3H3. The van der Waals surface area contributed by atoms with E-state index in [4.69, 9.17) is 24.2 Å². The van der Waals surface area contributed by atoms with E-state index in [1.54, 1.807) is 37.6 Å². The van der Waals surface area contributed by atoms with E-state index in [1.165, 1.54) is 13.2 Å². The molecule has 2 fully saturated rings. The first kappa shape index (κ1) is 30.4. The first-order valence-corrected chi connectivity index (χ1v) is 17.6. The number of likely N-dealkylation sites (tertiary alicyclic amines) is 1. The van der Waals surface area contributed by atoms with Crippen molar-refractivity contribution in [3.05, 3.63) is 83.1 Å². The average molecular weight is 621 g/mol. The monoisotopic (exact) mass is 620 g/mol. The van der Waals surface area contributed by atoms with Gasteiger partial charge in [-0.25, -0.2) is 19.2 Å². The summed E-state index contributed by atoms with van der Waals surface area (Å²) in [5.74, 6) is 0.929. The number of benzene rings is 2. The number of esters is 1. The third-order valence-electron chi connectivity index (χ3n) is 8.58. The summed E-state index contributed by atoms with van der Waals surface area (Å²) in [5, 5.41) is 0.516. The van der Waals surface area contributed by atoms with Crippen LogP contribution < -0.4 is 10.0 Å². The number of rotatable bonds is 10. The number of fused-ring (bicyclic) bond motifs is 1. The van der Waals surface area contributed by atoms with Crippen molar-refractivity contribution in [2.24, 2.45) is 0 Å². The summed E-state index contributed by atoms with van der Waals surface area (Å²) in [6.45, 7) is 7.28. The van der Waals surface area contributed by atoms with Crippen LogP contribution in [-0.4, -0.2) is 71.6 Å². The van der Waals surface area contributed by atoms with Crippen LogP contribution in [0.4, 0.5) is 4.39 Å². The number of halogens is 1. The van der Waals surface area contributed by atoms with Gasteiger partial charge in [0.25, 0.3) is 0 Å². The van der Waals surface area contributed by atoms with Crippen LogP contribution in [0.25, 0.3) is 11.0 Å². The van der Waals surface area contributed by atoms with Gasteiger partial charge in [0.2, 0.25) is 5.88 Å². The van der Waals surface area contributed by atoms with E-state index in [0.29, 0.717) is 41.3 Å². The molecular formula is C33H38FN4O5P. The minimum atomic E-state index is -2.53. The molecule has 2 aliphatic rings. The highest BCUT2D eigenvalue weighted by Crippen LogP contribution is 2.35. The molecule has 0 radical (unpaired) electrons. The third kappa shape index (κ3) is 6.72. The first-order valence-electron chi connectivity index (χ1n) is 15.0. The van der Waals surface area contributed by atoms with Gasteiger partial charge < -0.3 is 23.3 Å². The maximum Gasteiger partial charge on any atom is 0.337 e. The number of piperidine rings is 1. The molecule has 2 aromatic carbocycles. The lowest BCUT2D eigenvalue weighted by atomic mass is 9.93. The topological polar surface area (TPSA) is 95.8 Å². The van der Waals surface area contributed by atoms with Gasteiger partial charge in [-0.3, -0.25) is 4.90 Å². The smallest absolute Gasteiger partial charge is 0.337 e. The summed E-state index contributed by atoms with van der Waals surface area (Å²) < 4.78 is 45.6. The molecule has 2 aliphatic heterocycles. The van der Waals surface area contributed by atoms with Crippen LogP contribution in [0.15, 0.2) is 54.6 Å². The van der Waals surface area contributed by atoms with E-state index >= 15 is 0 Å². The Hall–Kier alpha value is -3.59. The fourth-order valence-corrected chi connectivity index (χ4v) is 6.70. The van der Waals surface area contributed by atoms with Crippen molar-refractivity contribution in [3.63, 3.8) is 0 Å². The number of aromatic nitrogens is 3. The number of hydrogen-bond acceptors (Lipinski definition) is 8. The van der Waals surface area contributed by atoms with E-state index < -0.39 is 13.0 Å². The lowest BCUT2D eigenvalue weighted by molar-refractivity contribution is -0.0592. The highest BCUT2D eigenvalue weighted by Gasteiger charge is 2.26.